The highest BCUT2D eigenvalue weighted by molar-refractivity contribution is 5.51. The molecule has 1 rings (SSSR count). The minimum Gasteiger partial charge on any atom is -0.396 e. The van der Waals surface area contributed by atoms with Crippen LogP contribution in [0, 0.1) is 5.92 Å². The summed E-state index contributed by atoms with van der Waals surface area (Å²) in [6.07, 6.45) is 2.62. The first kappa shape index (κ1) is 12.8. The molecule has 0 aromatic carbocycles. The van der Waals surface area contributed by atoms with E-state index < -0.39 is 0 Å². The van der Waals surface area contributed by atoms with Crippen molar-refractivity contribution in [1.29, 1.82) is 0 Å². The van der Waals surface area contributed by atoms with Gasteiger partial charge in [0.05, 0.1) is 0 Å². The van der Waals surface area contributed by atoms with E-state index in [2.05, 4.69) is 22.5 Å². The van der Waals surface area contributed by atoms with Gasteiger partial charge in [0.25, 0.3) is 0 Å². The minimum atomic E-state index is 0.252. The highest BCUT2D eigenvalue weighted by Crippen LogP contribution is 2.12. The second-order valence-electron chi connectivity index (χ2n) is 3.96. The summed E-state index contributed by atoms with van der Waals surface area (Å²) in [6, 6.07) is 3.95. The largest absolute Gasteiger partial charge is 0.396 e. The van der Waals surface area contributed by atoms with Gasteiger partial charge in [0.15, 0.2) is 0 Å². The van der Waals surface area contributed by atoms with E-state index in [9.17, 15) is 0 Å². The summed E-state index contributed by atoms with van der Waals surface area (Å²) in [6.45, 7) is 6.16. The second kappa shape index (κ2) is 7.06. The Hall–Kier alpha value is -1.29. The molecule has 1 aromatic heterocycles. The van der Waals surface area contributed by atoms with Gasteiger partial charge >= 0.3 is 0 Å². The van der Waals surface area contributed by atoms with Crippen LogP contribution in [0.15, 0.2) is 18.3 Å². The number of aliphatic hydroxyl groups is 1. The van der Waals surface area contributed by atoms with Crippen molar-refractivity contribution < 1.29 is 5.11 Å². The fourth-order valence-electron chi connectivity index (χ4n) is 1.43. The first-order chi connectivity index (χ1) is 7.76. The molecule has 0 saturated carbocycles. The van der Waals surface area contributed by atoms with Crippen LogP contribution in [0.1, 0.15) is 20.3 Å². The van der Waals surface area contributed by atoms with Gasteiger partial charge in [0.2, 0.25) is 0 Å². The fourth-order valence-corrected chi connectivity index (χ4v) is 1.43. The molecule has 1 heterocycles. The summed E-state index contributed by atoms with van der Waals surface area (Å²) >= 11 is 0. The zero-order valence-corrected chi connectivity index (χ0v) is 10.0. The maximum Gasteiger partial charge on any atom is 0.127 e. The molecule has 1 atom stereocenters. The van der Waals surface area contributed by atoms with E-state index in [1.165, 1.54) is 0 Å². The predicted molar refractivity (Wildman–Crippen MR) is 67.8 cm³/mol. The Kier molecular flexibility index (Phi) is 5.64. The maximum atomic E-state index is 8.80. The lowest BCUT2D eigenvalue weighted by atomic mass is 10.1. The predicted octanol–water partition coefficient (Wildman–Crippen LogP) is 1.94. The van der Waals surface area contributed by atoms with Crippen molar-refractivity contribution in [3.05, 3.63) is 18.3 Å². The summed E-state index contributed by atoms with van der Waals surface area (Å²) in [5.74, 6) is 1.36. The van der Waals surface area contributed by atoms with Crippen LogP contribution in [0.4, 0.5) is 11.5 Å². The number of nitrogens with zero attached hydrogens (tertiary/aromatic N) is 1. The Bertz CT molecular complexity index is 304. The number of pyridine rings is 1. The van der Waals surface area contributed by atoms with Gasteiger partial charge in [-0.25, -0.2) is 4.98 Å². The third-order valence-corrected chi connectivity index (χ3v) is 2.39. The summed E-state index contributed by atoms with van der Waals surface area (Å²) in [5.41, 5.74) is 1.07. The average Bonchev–Trinajstić information content (AvgIpc) is 2.28. The highest BCUT2D eigenvalue weighted by Gasteiger charge is 2.01. The molecule has 90 valence electrons. The molecule has 0 aliphatic carbocycles. The summed E-state index contributed by atoms with van der Waals surface area (Å²) < 4.78 is 0. The van der Waals surface area contributed by atoms with Gasteiger partial charge in [-0.05, 0) is 25.3 Å². The summed E-state index contributed by atoms with van der Waals surface area (Å²) in [5, 5.41) is 15.3. The molecule has 0 amide bonds. The van der Waals surface area contributed by atoms with E-state index in [0.29, 0.717) is 5.92 Å². The molecule has 0 bridgehead atoms. The highest BCUT2D eigenvalue weighted by atomic mass is 16.3. The molecule has 1 aromatic rings. The summed E-state index contributed by atoms with van der Waals surface area (Å²) in [4.78, 5) is 4.20. The maximum absolute atomic E-state index is 8.80. The average molecular weight is 223 g/mol. The molecule has 3 N–H and O–H groups in total. The molecule has 0 fully saturated rings. The van der Waals surface area contributed by atoms with Crippen LogP contribution in [0.5, 0.6) is 0 Å². The topological polar surface area (TPSA) is 57.2 Å². The zero-order chi connectivity index (χ0) is 11.8. The molecule has 4 nitrogen and oxygen atoms in total. The smallest absolute Gasteiger partial charge is 0.127 e. The summed E-state index contributed by atoms with van der Waals surface area (Å²) in [7, 11) is 0. The molecule has 0 aliphatic rings. The van der Waals surface area contributed by atoms with Crippen molar-refractivity contribution in [2.45, 2.75) is 20.3 Å². The quantitative estimate of drug-likeness (QED) is 0.661. The normalized spacial score (nSPS) is 12.2. The molecule has 0 radical (unpaired) electrons. The molecular weight excluding hydrogens is 202 g/mol. The number of aromatic nitrogens is 1. The monoisotopic (exact) mass is 223 g/mol. The Balaban J connectivity index is 2.44. The lowest BCUT2D eigenvalue weighted by Crippen LogP contribution is -2.12. The van der Waals surface area contributed by atoms with Gasteiger partial charge in [-0.1, -0.05) is 6.92 Å². The van der Waals surface area contributed by atoms with E-state index in [1.54, 1.807) is 6.20 Å². The van der Waals surface area contributed by atoms with Crippen molar-refractivity contribution in [2.75, 3.05) is 30.3 Å². The van der Waals surface area contributed by atoms with Gasteiger partial charge in [0, 0.05) is 37.6 Å². The molecular formula is C12H21N3O. The third kappa shape index (κ3) is 4.49. The van der Waals surface area contributed by atoms with Gasteiger partial charge < -0.3 is 15.7 Å². The van der Waals surface area contributed by atoms with E-state index in [1.807, 2.05) is 19.1 Å². The minimum absolute atomic E-state index is 0.252. The van der Waals surface area contributed by atoms with E-state index in [-0.39, 0.29) is 6.61 Å². The van der Waals surface area contributed by atoms with Crippen LogP contribution in [0.25, 0.3) is 0 Å². The molecule has 1 unspecified atom stereocenters. The van der Waals surface area contributed by atoms with E-state index in [0.717, 1.165) is 31.0 Å². The fraction of sp³-hybridized carbons (Fsp3) is 0.583. The van der Waals surface area contributed by atoms with Crippen molar-refractivity contribution in [2.24, 2.45) is 5.92 Å². The van der Waals surface area contributed by atoms with E-state index >= 15 is 0 Å². The number of hydrogen-bond donors (Lipinski definition) is 3. The van der Waals surface area contributed by atoms with Gasteiger partial charge in [0.1, 0.15) is 5.82 Å². The SMILES string of the molecule is CCNc1cc(NCC(C)CCO)ccn1. The Morgan fingerprint density at radius 3 is 2.94 bits per heavy atom. The van der Waals surface area contributed by atoms with Crippen LogP contribution in [-0.4, -0.2) is 29.8 Å². The standard InChI is InChI=1S/C12H21N3O/c1-3-13-12-8-11(4-6-14-12)15-9-10(2)5-7-16/h4,6,8,10,16H,3,5,7,9H2,1-2H3,(H2,13,14,15). The number of rotatable bonds is 7. The third-order valence-electron chi connectivity index (χ3n) is 2.39. The first-order valence-electron chi connectivity index (χ1n) is 5.81. The molecule has 0 aliphatic heterocycles. The van der Waals surface area contributed by atoms with Crippen LogP contribution < -0.4 is 10.6 Å². The van der Waals surface area contributed by atoms with Gasteiger partial charge in [-0.15, -0.1) is 0 Å². The molecule has 16 heavy (non-hydrogen) atoms. The number of hydrogen-bond acceptors (Lipinski definition) is 4. The van der Waals surface area contributed by atoms with Crippen LogP contribution in [0.2, 0.25) is 0 Å². The van der Waals surface area contributed by atoms with Crippen LogP contribution >= 0.6 is 0 Å². The molecule has 0 spiro atoms. The lowest BCUT2D eigenvalue weighted by molar-refractivity contribution is 0.266. The van der Waals surface area contributed by atoms with E-state index in [4.69, 9.17) is 5.11 Å². The second-order valence-corrected chi connectivity index (χ2v) is 3.96. The van der Waals surface area contributed by atoms with Crippen molar-refractivity contribution >= 4 is 11.5 Å². The first-order valence-corrected chi connectivity index (χ1v) is 5.81. The number of nitrogens with one attached hydrogen (secondary N) is 2. The van der Waals surface area contributed by atoms with Crippen molar-refractivity contribution in [1.82, 2.24) is 4.98 Å². The number of anilines is 2. The van der Waals surface area contributed by atoms with Gasteiger partial charge in [-0.2, -0.15) is 0 Å². The Morgan fingerprint density at radius 2 is 2.25 bits per heavy atom. The van der Waals surface area contributed by atoms with Crippen LogP contribution in [-0.2, 0) is 0 Å². The Morgan fingerprint density at radius 1 is 1.44 bits per heavy atom. The molecule has 0 saturated heterocycles. The van der Waals surface area contributed by atoms with Crippen molar-refractivity contribution in [3.8, 4) is 0 Å². The van der Waals surface area contributed by atoms with Crippen molar-refractivity contribution in [3.63, 3.8) is 0 Å². The number of aliphatic hydroxyl groups excluding tert-OH is 1. The molecule has 4 heteroatoms. The van der Waals surface area contributed by atoms with Crippen LogP contribution in [0.3, 0.4) is 0 Å². The lowest BCUT2D eigenvalue weighted by Gasteiger charge is -2.12. The van der Waals surface area contributed by atoms with Gasteiger partial charge in [-0.3, -0.25) is 0 Å². The zero-order valence-electron chi connectivity index (χ0n) is 10.0. The Labute approximate surface area is 97.1 Å².